The molecule has 0 spiro atoms. The van der Waals surface area contributed by atoms with Crippen molar-refractivity contribution in [1.82, 2.24) is 4.90 Å². The molecule has 0 saturated carbocycles. The standard InChI is InChI=1S/C15H25NO2/c1-4-13(5-2)16(3)11-14(17)12-18-15-9-7-6-8-10-15/h6-10,13-14,17H,4-5,11-12H2,1-3H3. The molecule has 18 heavy (non-hydrogen) atoms. The highest BCUT2D eigenvalue weighted by atomic mass is 16.5. The van der Waals surface area contributed by atoms with Gasteiger partial charge in [0, 0.05) is 12.6 Å². The van der Waals surface area contributed by atoms with Crippen LogP contribution in [0, 0.1) is 0 Å². The van der Waals surface area contributed by atoms with Crippen LogP contribution in [0.2, 0.25) is 0 Å². The zero-order chi connectivity index (χ0) is 13.4. The van der Waals surface area contributed by atoms with Gasteiger partial charge in [-0.2, -0.15) is 0 Å². The maximum absolute atomic E-state index is 9.95. The fraction of sp³-hybridized carbons (Fsp3) is 0.600. The van der Waals surface area contributed by atoms with Gasteiger partial charge in [-0.25, -0.2) is 0 Å². The molecule has 1 atom stereocenters. The molecule has 1 unspecified atom stereocenters. The minimum Gasteiger partial charge on any atom is -0.491 e. The molecule has 0 aliphatic heterocycles. The largest absolute Gasteiger partial charge is 0.491 e. The summed E-state index contributed by atoms with van der Waals surface area (Å²) in [5, 5.41) is 9.95. The Labute approximate surface area is 110 Å². The van der Waals surface area contributed by atoms with E-state index in [2.05, 4.69) is 25.8 Å². The van der Waals surface area contributed by atoms with Gasteiger partial charge >= 0.3 is 0 Å². The van der Waals surface area contributed by atoms with Gasteiger partial charge in [0.2, 0.25) is 0 Å². The van der Waals surface area contributed by atoms with Crippen molar-refractivity contribution in [3.63, 3.8) is 0 Å². The molecule has 0 fully saturated rings. The quantitative estimate of drug-likeness (QED) is 0.770. The van der Waals surface area contributed by atoms with Crippen molar-refractivity contribution in [2.24, 2.45) is 0 Å². The molecule has 1 N–H and O–H groups in total. The number of rotatable bonds is 8. The van der Waals surface area contributed by atoms with Crippen LogP contribution in [0.1, 0.15) is 26.7 Å². The van der Waals surface area contributed by atoms with Crippen molar-refractivity contribution in [3.8, 4) is 5.75 Å². The van der Waals surface area contributed by atoms with Crippen molar-refractivity contribution in [3.05, 3.63) is 30.3 Å². The molecule has 3 heteroatoms. The second-order valence-electron chi connectivity index (χ2n) is 4.69. The van der Waals surface area contributed by atoms with E-state index in [-0.39, 0.29) is 0 Å². The van der Waals surface area contributed by atoms with Crippen molar-refractivity contribution >= 4 is 0 Å². The van der Waals surface area contributed by atoms with E-state index in [0.29, 0.717) is 19.2 Å². The van der Waals surface area contributed by atoms with Gasteiger partial charge in [-0.3, -0.25) is 0 Å². The molecule has 0 amide bonds. The normalized spacial score (nSPS) is 13.0. The van der Waals surface area contributed by atoms with Crippen LogP contribution in [0.3, 0.4) is 0 Å². The number of likely N-dealkylation sites (N-methyl/N-ethyl adjacent to an activating group) is 1. The number of hydrogen-bond donors (Lipinski definition) is 1. The highest BCUT2D eigenvalue weighted by molar-refractivity contribution is 5.20. The van der Waals surface area contributed by atoms with Crippen molar-refractivity contribution in [2.75, 3.05) is 20.2 Å². The molecule has 102 valence electrons. The third-order valence-electron chi connectivity index (χ3n) is 3.25. The summed E-state index contributed by atoms with van der Waals surface area (Å²) in [6, 6.07) is 10.1. The Bertz CT molecular complexity index is 312. The van der Waals surface area contributed by atoms with Crippen LogP contribution in [-0.2, 0) is 0 Å². The lowest BCUT2D eigenvalue weighted by molar-refractivity contribution is 0.0616. The zero-order valence-corrected chi connectivity index (χ0v) is 11.7. The molecule has 1 aromatic carbocycles. The first-order valence-electron chi connectivity index (χ1n) is 6.73. The topological polar surface area (TPSA) is 32.7 Å². The predicted octanol–water partition coefficient (Wildman–Crippen LogP) is 2.55. The van der Waals surface area contributed by atoms with Gasteiger partial charge in [0.1, 0.15) is 18.5 Å². The second-order valence-corrected chi connectivity index (χ2v) is 4.69. The fourth-order valence-electron chi connectivity index (χ4n) is 2.16. The molecule has 0 aromatic heterocycles. The average molecular weight is 251 g/mol. The van der Waals surface area contributed by atoms with Crippen molar-refractivity contribution < 1.29 is 9.84 Å². The molecule has 0 bridgehead atoms. The third kappa shape index (κ3) is 5.07. The van der Waals surface area contributed by atoms with E-state index in [4.69, 9.17) is 4.74 Å². The second kappa shape index (κ2) is 8.11. The monoisotopic (exact) mass is 251 g/mol. The summed E-state index contributed by atoms with van der Waals surface area (Å²) in [5.74, 6) is 0.807. The fourth-order valence-corrected chi connectivity index (χ4v) is 2.16. The minimum absolute atomic E-state index is 0.342. The maximum atomic E-state index is 9.95. The Hall–Kier alpha value is -1.06. The van der Waals surface area contributed by atoms with E-state index in [0.717, 1.165) is 18.6 Å². The first-order valence-corrected chi connectivity index (χ1v) is 6.73. The summed E-state index contributed by atoms with van der Waals surface area (Å²) in [5.41, 5.74) is 0. The van der Waals surface area contributed by atoms with Gasteiger partial charge in [-0.05, 0) is 32.0 Å². The average Bonchev–Trinajstić information content (AvgIpc) is 2.39. The lowest BCUT2D eigenvalue weighted by Crippen LogP contribution is -2.39. The highest BCUT2D eigenvalue weighted by Crippen LogP contribution is 2.10. The van der Waals surface area contributed by atoms with E-state index < -0.39 is 6.10 Å². The van der Waals surface area contributed by atoms with Gasteiger partial charge in [-0.1, -0.05) is 32.0 Å². The maximum Gasteiger partial charge on any atom is 0.119 e. The van der Waals surface area contributed by atoms with Gasteiger partial charge in [0.25, 0.3) is 0 Å². The Morgan fingerprint density at radius 3 is 2.33 bits per heavy atom. The van der Waals surface area contributed by atoms with Crippen LogP contribution in [-0.4, -0.2) is 42.4 Å². The molecule has 0 aliphatic rings. The molecular weight excluding hydrogens is 226 g/mol. The summed E-state index contributed by atoms with van der Waals surface area (Å²) >= 11 is 0. The van der Waals surface area contributed by atoms with Crippen LogP contribution in [0.25, 0.3) is 0 Å². The van der Waals surface area contributed by atoms with Gasteiger partial charge < -0.3 is 14.7 Å². The van der Waals surface area contributed by atoms with Gasteiger partial charge in [-0.15, -0.1) is 0 Å². The molecule has 0 heterocycles. The smallest absolute Gasteiger partial charge is 0.119 e. The molecule has 3 nitrogen and oxygen atoms in total. The Morgan fingerprint density at radius 2 is 1.78 bits per heavy atom. The number of nitrogens with zero attached hydrogens (tertiary/aromatic N) is 1. The van der Waals surface area contributed by atoms with Crippen molar-refractivity contribution in [2.45, 2.75) is 38.8 Å². The van der Waals surface area contributed by atoms with E-state index in [1.165, 1.54) is 0 Å². The molecule has 0 saturated heterocycles. The Balaban J connectivity index is 2.31. The van der Waals surface area contributed by atoms with Gasteiger partial charge in [0.15, 0.2) is 0 Å². The van der Waals surface area contributed by atoms with Crippen LogP contribution in [0.5, 0.6) is 5.75 Å². The molecule has 1 rings (SSSR count). The van der Waals surface area contributed by atoms with E-state index in [1.807, 2.05) is 30.3 Å². The van der Waals surface area contributed by atoms with Crippen LogP contribution >= 0.6 is 0 Å². The lowest BCUT2D eigenvalue weighted by Gasteiger charge is -2.28. The third-order valence-corrected chi connectivity index (χ3v) is 3.25. The summed E-state index contributed by atoms with van der Waals surface area (Å²) in [6.45, 7) is 5.35. The van der Waals surface area contributed by atoms with E-state index in [9.17, 15) is 5.11 Å². The minimum atomic E-state index is -0.448. The van der Waals surface area contributed by atoms with Crippen LogP contribution in [0.4, 0.5) is 0 Å². The number of ether oxygens (including phenoxy) is 1. The Morgan fingerprint density at radius 1 is 1.17 bits per heavy atom. The number of para-hydroxylation sites is 1. The van der Waals surface area contributed by atoms with Crippen LogP contribution in [0.15, 0.2) is 30.3 Å². The first kappa shape index (κ1) is 15.0. The molecule has 0 radical (unpaired) electrons. The SMILES string of the molecule is CCC(CC)N(C)CC(O)COc1ccccc1. The molecule has 0 aliphatic carbocycles. The number of hydrogen-bond acceptors (Lipinski definition) is 3. The van der Waals surface area contributed by atoms with E-state index >= 15 is 0 Å². The van der Waals surface area contributed by atoms with E-state index in [1.54, 1.807) is 0 Å². The predicted molar refractivity (Wildman–Crippen MR) is 74.9 cm³/mol. The Kier molecular flexibility index (Phi) is 6.76. The molecule has 1 aromatic rings. The van der Waals surface area contributed by atoms with Gasteiger partial charge in [0.05, 0.1) is 0 Å². The summed E-state index contributed by atoms with van der Waals surface area (Å²) in [6.07, 6.45) is 1.77. The lowest BCUT2D eigenvalue weighted by atomic mass is 10.1. The summed E-state index contributed by atoms with van der Waals surface area (Å²) in [4.78, 5) is 2.21. The first-order chi connectivity index (χ1) is 8.67. The number of aliphatic hydroxyl groups is 1. The highest BCUT2D eigenvalue weighted by Gasteiger charge is 2.15. The summed E-state index contributed by atoms with van der Waals surface area (Å²) in [7, 11) is 2.06. The summed E-state index contributed by atoms with van der Waals surface area (Å²) < 4.78 is 5.54. The zero-order valence-electron chi connectivity index (χ0n) is 11.7. The van der Waals surface area contributed by atoms with Crippen LogP contribution < -0.4 is 4.74 Å². The van der Waals surface area contributed by atoms with Crippen molar-refractivity contribution in [1.29, 1.82) is 0 Å². The number of aliphatic hydroxyl groups excluding tert-OH is 1. The molecular formula is C15H25NO2. The number of benzene rings is 1.